The van der Waals surface area contributed by atoms with E-state index in [1.54, 1.807) is 6.20 Å². The SMILES string of the molecule is CC1CCC(n2c(C(C)Cl)nc3cc(Cl)cnc32)CC1. The van der Waals surface area contributed by atoms with Gasteiger partial charge in [0.05, 0.1) is 10.4 Å². The van der Waals surface area contributed by atoms with Crippen molar-refractivity contribution in [1.82, 2.24) is 14.5 Å². The van der Waals surface area contributed by atoms with Crippen molar-refractivity contribution in [2.75, 3.05) is 0 Å². The summed E-state index contributed by atoms with van der Waals surface area (Å²) in [6.45, 7) is 4.29. The Hall–Kier alpha value is -0.800. The smallest absolute Gasteiger partial charge is 0.160 e. The minimum Gasteiger partial charge on any atom is -0.308 e. The number of halogens is 2. The Kier molecular flexibility index (Phi) is 3.91. The summed E-state index contributed by atoms with van der Waals surface area (Å²) in [5.41, 5.74) is 1.76. The quantitative estimate of drug-likeness (QED) is 0.719. The number of imidazole rings is 1. The molecule has 0 bridgehead atoms. The molecule has 0 aliphatic heterocycles. The zero-order valence-corrected chi connectivity index (χ0v) is 13.3. The molecule has 2 heterocycles. The zero-order valence-electron chi connectivity index (χ0n) is 11.8. The third-order valence-electron chi connectivity index (χ3n) is 4.23. The van der Waals surface area contributed by atoms with Crippen LogP contribution in [0.2, 0.25) is 5.02 Å². The van der Waals surface area contributed by atoms with Gasteiger partial charge in [0.1, 0.15) is 11.3 Å². The molecular formula is C15H19Cl2N3. The number of pyridine rings is 1. The van der Waals surface area contributed by atoms with Crippen LogP contribution in [0.25, 0.3) is 11.2 Å². The van der Waals surface area contributed by atoms with Crippen LogP contribution in [0.1, 0.15) is 56.8 Å². The molecular weight excluding hydrogens is 293 g/mol. The topological polar surface area (TPSA) is 30.7 Å². The summed E-state index contributed by atoms with van der Waals surface area (Å²) in [7, 11) is 0. The second kappa shape index (κ2) is 5.53. The second-order valence-electron chi connectivity index (χ2n) is 5.87. The van der Waals surface area contributed by atoms with E-state index < -0.39 is 0 Å². The third-order valence-corrected chi connectivity index (χ3v) is 4.63. The summed E-state index contributed by atoms with van der Waals surface area (Å²) in [5.74, 6) is 1.73. The Morgan fingerprint density at radius 1 is 1.30 bits per heavy atom. The highest BCUT2D eigenvalue weighted by Gasteiger charge is 2.26. The van der Waals surface area contributed by atoms with Crippen LogP contribution in [-0.4, -0.2) is 14.5 Å². The van der Waals surface area contributed by atoms with E-state index in [0.717, 1.165) is 22.9 Å². The van der Waals surface area contributed by atoms with Crippen LogP contribution < -0.4 is 0 Å². The molecule has 0 spiro atoms. The Morgan fingerprint density at radius 2 is 2.00 bits per heavy atom. The van der Waals surface area contributed by atoms with E-state index in [-0.39, 0.29) is 5.38 Å². The second-order valence-corrected chi connectivity index (χ2v) is 6.96. The van der Waals surface area contributed by atoms with Crippen LogP contribution >= 0.6 is 23.2 Å². The van der Waals surface area contributed by atoms with Crippen molar-refractivity contribution >= 4 is 34.4 Å². The fraction of sp³-hybridized carbons (Fsp3) is 0.600. The maximum atomic E-state index is 6.32. The van der Waals surface area contributed by atoms with Crippen molar-refractivity contribution in [2.24, 2.45) is 5.92 Å². The van der Waals surface area contributed by atoms with Crippen molar-refractivity contribution in [3.05, 3.63) is 23.1 Å². The predicted octanol–water partition coefficient (Wildman–Crippen LogP) is 5.14. The van der Waals surface area contributed by atoms with E-state index in [0.29, 0.717) is 11.1 Å². The van der Waals surface area contributed by atoms with Gasteiger partial charge in [0.25, 0.3) is 0 Å². The number of alkyl halides is 1. The number of fused-ring (bicyclic) bond motifs is 1. The van der Waals surface area contributed by atoms with Gasteiger partial charge in [-0.15, -0.1) is 11.6 Å². The lowest BCUT2D eigenvalue weighted by Gasteiger charge is -2.29. The molecule has 1 fully saturated rings. The average Bonchev–Trinajstić information content (AvgIpc) is 2.78. The van der Waals surface area contributed by atoms with Gasteiger partial charge in [0, 0.05) is 12.2 Å². The maximum Gasteiger partial charge on any atom is 0.160 e. The first-order chi connectivity index (χ1) is 9.56. The summed E-state index contributed by atoms with van der Waals surface area (Å²) >= 11 is 12.3. The van der Waals surface area contributed by atoms with E-state index >= 15 is 0 Å². The molecule has 0 radical (unpaired) electrons. The van der Waals surface area contributed by atoms with E-state index in [2.05, 4.69) is 21.5 Å². The molecule has 108 valence electrons. The number of nitrogens with zero attached hydrogens (tertiary/aromatic N) is 3. The van der Waals surface area contributed by atoms with E-state index in [4.69, 9.17) is 23.2 Å². The van der Waals surface area contributed by atoms with Gasteiger partial charge in [-0.1, -0.05) is 18.5 Å². The van der Waals surface area contributed by atoms with Crippen LogP contribution in [-0.2, 0) is 0 Å². The zero-order chi connectivity index (χ0) is 14.3. The van der Waals surface area contributed by atoms with Gasteiger partial charge in [-0.2, -0.15) is 0 Å². The van der Waals surface area contributed by atoms with Crippen LogP contribution in [0.15, 0.2) is 12.3 Å². The first-order valence-electron chi connectivity index (χ1n) is 7.23. The minimum absolute atomic E-state index is 0.123. The van der Waals surface area contributed by atoms with Crippen molar-refractivity contribution in [3.63, 3.8) is 0 Å². The molecule has 3 nitrogen and oxygen atoms in total. The van der Waals surface area contributed by atoms with Gasteiger partial charge < -0.3 is 4.57 Å². The average molecular weight is 312 g/mol. The Morgan fingerprint density at radius 3 is 2.65 bits per heavy atom. The predicted molar refractivity (Wildman–Crippen MR) is 83.5 cm³/mol. The lowest BCUT2D eigenvalue weighted by molar-refractivity contribution is 0.288. The van der Waals surface area contributed by atoms with Gasteiger partial charge in [0.15, 0.2) is 5.65 Å². The fourth-order valence-corrected chi connectivity index (χ4v) is 3.42. The van der Waals surface area contributed by atoms with Crippen molar-refractivity contribution in [3.8, 4) is 0 Å². The summed E-state index contributed by atoms with van der Waals surface area (Å²) in [5, 5.41) is 0.496. The highest BCUT2D eigenvalue weighted by molar-refractivity contribution is 6.31. The third kappa shape index (κ3) is 2.53. The standard InChI is InChI=1S/C15H19Cl2N3/c1-9-3-5-12(6-4-9)20-14(10(2)16)19-13-7-11(17)8-18-15(13)20/h7-10,12H,3-6H2,1-2H3. The number of hydrogen-bond acceptors (Lipinski definition) is 2. The highest BCUT2D eigenvalue weighted by atomic mass is 35.5. The van der Waals surface area contributed by atoms with Gasteiger partial charge in [-0.05, 0) is 44.6 Å². The van der Waals surface area contributed by atoms with Gasteiger partial charge in [-0.25, -0.2) is 9.97 Å². The molecule has 1 saturated carbocycles. The normalized spacial score (nSPS) is 25.0. The lowest BCUT2D eigenvalue weighted by atomic mass is 9.87. The molecule has 1 unspecified atom stereocenters. The van der Waals surface area contributed by atoms with Crippen LogP contribution in [0.3, 0.4) is 0 Å². The molecule has 1 atom stereocenters. The molecule has 2 aromatic heterocycles. The molecule has 0 N–H and O–H groups in total. The first-order valence-corrected chi connectivity index (χ1v) is 8.05. The lowest BCUT2D eigenvalue weighted by Crippen LogP contribution is -2.19. The van der Waals surface area contributed by atoms with Crippen LogP contribution in [0.5, 0.6) is 0 Å². The van der Waals surface area contributed by atoms with E-state index in [9.17, 15) is 0 Å². The number of hydrogen-bond donors (Lipinski definition) is 0. The highest BCUT2D eigenvalue weighted by Crippen LogP contribution is 2.37. The Bertz CT molecular complexity index is 613. The Labute approximate surface area is 129 Å². The van der Waals surface area contributed by atoms with E-state index in [1.165, 1.54) is 25.7 Å². The van der Waals surface area contributed by atoms with Crippen molar-refractivity contribution < 1.29 is 0 Å². The van der Waals surface area contributed by atoms with Crippen molar-refractivity contribution in [1.29, 1.82) is 0 Å². The molecule has 1 aliphatic carbocycles. The summed E-state index contributed by atoms with van der Waals surface area (Å²) in [4.78, 5) is 9.14. The largest absolute Gasteiger partial charge is 0.308 e. The maximum absolute atomic E-state index is 6.32. The molecule has 1 aliphatic rings. The molecule has 0 saturated heterocycles. The summed E-state index contributed by atoms with van der Waals surface area (Å²) in [6, 6.07) is 2.33. The summed E-state index contributed by atoms with van der Waals surface area (Å²) < 4.78 is 2.25. The monoisotopic (exact) mass is 311 g/mol. The number of aromatic nitrogens is 3. The fourth-order valence-electron chi connectivity index (χ4n) is 3.12. The van der Waals surface area contributed by atoms with Gasteiger partial charge >= 0.3 is 0 Å². The van der Waals surface area contributed by atoms with Crippen molar-refractivity contribution in [2.45, 2.75) is 50.9 Å². The van der Waals surface area contributed by atoms with E-state index in [1.807, 2.05) is 13.0 Å². The molecule has 0 aromatic carbocycles. The molecule has 5 heteroatoms. The molecule has 0 amide bonds. The van der Waals surface area contributed by atoms with Gasteiger partial charge in [0.2, 0.25) is 0 Å². The molecule has 20 heavy (non-hydrogen) atoms. The number of rotatable bonds is 2. The molecule has 3 rings (SSSR count). The van der Waals surface area contributed by atoms with Crippen LogP contribution in [0, 0.1) is 5.92 Å². The summed E-state index contributed by atoms with van der Waals surface area (Å²) in [6.07, 6.45) is 6.55. The minimum atomic E-state index is -0.123. The Balaban J connectivity index is 2.09. The molecule has 2 aromatic rings. The van der Waals surface area contributed by atoms with Gasteiger partial charge in [-0.3, -0.25) is 0 Å². The van der Waals surface area contributed by atoms with Crippen LogP contribution in [0.4, 0.5) is 0 Å². The first kappa shape index (κ1) is 14.2.